The van der Waals surface area contributed by atoms with E-state index in [1.165, 1.54) is 0 Å². The molecule has 0 aliphatic carbocycles. The summed E-state index contributed by atoms with van der Waals surface area (Å²) in [6.07, 6.45) is 1.32. The third-order valence-electron chi connectivity index (χ3n) is 4.03. The Bertz CT molecular complexity index is 543. The topological polar surface area (TPSA) is 64.4 Å². The van der Waals surface area contributed by atoms with Gasteiger partial charge in [0.25, 0.3) is 5.91 Å². The number of aryl methyl sites for hydroxylation is 1. The van der Waals surface area contributed by atoms with Crippen LogP contribution in [0, 0.1) is 12.8 Å². The lowest BCUT2D eigenvalue weighted by Gasteiger charge is -2.30. The van der Waals surface area contributed by atoms with Gasteiger partial charge in [-0.3, -0.25) is 14.3 Å². The van der Waals surface area contributed by atoms with E-state index >= 15 is 0 Å². The Labute approximate surface area is 131 Å². The van der Waals surface area contributed by atoms with Crippen molar-refractivity contribution in [1.29, 1.82) is 0 Å². The molecule has 1 amide bonds. The Morgan fingerprint density at radius 2 is 2.00 bits per heavy atom. The zero-order valence-corrected chi connectivity index (χ0v) is 13.8. The van der Waals surface area contributed by atoms with Crippen LogP contribution in [0.25, 0.3) is 0 Å². The molecule has 1 aromatic heterocycles. The summed E-state index contributed by atoms with van der Waals surface area (Å²) in [6.45, 7) is 9.41. The van der Waals surface area contributed by atoms with E-state index in [9.17, 15) is 9.59 Å². The number of ether oxygens (including phenoxy) is 1. The molecule has 22 heavy (non-hydrogen) atoms. The zero-order chi connectivity index (χ0) is 16.3. The number of carbonyl (C=O) groups excluding carboxylic acids is 2. The number of piperidine rings is 1. The standard InChI is InChI=1S/C16H25N3O3/c1-5-22-16(21)13-6-8-18(9-7-13)15(20)14-10-12(4)19(17-14)11(2)3/h10-11,13H,5-9H2,1-4H3. The van der Waals surface area contributed by atoms with Crippen molar-refractivity contribution < 1.29 is 14.3 Å². The van der Waals surface area contributed by atoms with Crippen molar-refractivity contribution in [3.8, 4) is 0 Å². The van der Waals surface area contributed by atoms with Crippen molar-refractivity contribution in [2.45, 2.75) is 46.6 Å². The molecule has 1 aromatic rings. The maximum atomic E-state index is 12.5. The molecule has 0 unspecified atom stereocenters. The largest absolute Gasteiger partial charge is 0.466 e. The van der Waals surface area contributed by atoms with Gasteiger partial charge >= 0.3 is 5.97 Å². The van der Waals surface area contributed by atoms with Crippen molar-refractivity contribution >= 4 is 11.9 Å². The third kappa shape index (κ3) is 3.48. The molecule has 0 radical (unpaired) electrons. The van der Waals surface area contributed by atoms with Crippen LogP contribution in [-0.4, -0.2) is 46.3 Å². The minimum absolute atomic E-state index is 0.0511. The minimum atomic E-state index is -0.144. The van der Waals surface area contributed by atoms with Gasteiger partial charge in [0.2, 0.25) is 0 Å². The van der Waals surface area contributed by atoms with E-state index in [1.54, 1.807) is 4.90 Å². The Balaban J connectivity index is 1.98. The fourth-order valence-electron chi connectivity index (χ4n) is 2.86. The molecule has 0 saturated carbocycles. The smallest absolute Gasteiger partial charge is 0.309 e. The molecule has 122 valence electrons. The van der Waals surface area contributed by atoms with Crippen LogP contribution in [0.1, 0.15) is 55.8 Å². The summed E-state index contributed by atoms with van der Waals surface area (Å²) in [7, 11) is 0. The van der Waals surface area contributed by atoms with Crippen LogP contribution >= 0.6 is 0 Å². The molecule has 0 aromatic carbocycles. The average molecular weight is 307 g/mol. The van der Waals surface area contributed by atoms with E-state index in [2.05, 4.69) is 5.10 Å². The van der Waals surface area contributed by atoms with Gasteiger partial charge in [0.1, 0.15) is 0 Å². The lowest BCUT2D eigenvalue weighted by atomic mass is 9.97. The van der Waals surface area contributed by atoms with E-state index in [1.807, 2.05) is 38.4 Å². The van der Waals surface area contributed by atoms with Gasteiger partial charge in [-0.25, -0.2) is 0 Å². The minimum Gasteiger partial charge on any atom is -0.466 e. The van der Waals surface area contributed by atoms with Gasteiger partial charge in [-0.1, -0.05) is 0 Å². The quantitative estimate of drug-likeness (QED) is 0.800. The summed E-state index contributed by atoms with van der Waals surface area (Å²) < 4.78 is 6.91. The summed E-state index contributed by atoms with van der Waals surface area (Å²) in [5.41, 5.74) is 1.47. The second-order valence-corrected chi connectivity index (χ2v) is 6.03. The van der Waals surface area contributed by atoms with Gasteiger partial charge in [0, 0.05) is 24.8 Å². The predicted octanol–water partition coefficient (Wildman–Crippen LogP) is 2.19. The number of likely N-dealkylation sites (tertiary alicyclic amines) is 1. The lowest BCUT2D eigenvalue weighted by molar-refractivity contribution is -0.149. The molecule has 6 nitrogen and oxygen atoms in total. The summed E-state index contributed by atoms with van der Waals surface area (Å²) in [4.78, 5) is 26.0. The molecule has 1 saturated heterocycles. The first-order valence-electron chi connectivity index (χ1n) is 7.96. The highest BCUT2D eigenvalue weighted by molar-refractivity contribution is 5.92. The monoisotopic (exact) mass is 307 g/mol. The highest BCUT2D eigenvalue weighted by Crippen LogP contribution is 2.21. The summed E-state index contributed by atoms with van der Waals surface area (Å²) >= 11 is 0. The summed E-state index contributed by atoms with van der Waals surface area (Å²) in [5, 5.41) is 4.40. The van der Waals surface area contributed by atoms with Gasteiger partial charge < -0.3 is 9.64 Å². The first-order valence-corrected chi connectivity index (χ1v) is 7.96. The Morgan fingerprint density at radius 1 is 1.36 bits per heavy atom. The molecule has 2 rings (SSSR count). The fraction of sp³-hybridized carbons (Fsp3) is 0.688. The Kier molecular flexibility index (Phi) is 5.21. The van der Waals surface area contributed by atoms with E-state index in [0.717, 1.165) is 5.69 Å². The van der Waals surface area contributed by atoms with Crippen LogP contribution in [0.3, 0.4) is 0 Å². The highest BCUT2D eigenvalue weighted by Gasteiger charge is 2.29. The van der Waals surface area contributed by atoms with Crippen molar-refractivity contribution in [2.75, 3.05) is 19.7 Å². The predicted molar refractivity (Wildman–Crippen MR) is 82.6 cm³/mol. The van der Waals surface area contributed by atoms with E-state index < -0.39 is 0 Å². The molecule has 2 heterocycles. The van der Waals surface area contributed by atoms with Gasteiger partial charge in [0.05, 0.1) is 12.5 Å². The van der Waals surface area contributed by atoms with Gasteiger partial charge in [-0.2, -0.15) is 5.10 Å². The molecular weight excluding hydrogens is 282 g/mol. The van der Waals surface area contributed by atoms with Crippen molar-refractivity contribution in [3.05, 3.63) is 17.5 Å². The number of amides is 1. The van der Waals surface area contributed by atoms with Crippen LogP contribution in [-0.2, 0) is 9.53 Å². The van der Waals surface area contributed by atoms with E-state index in [0.29, 0.717) is 38.2 Å². The van der Waals surface area contributed by atoms with Crippen molar-refractivity contribution in [2.24, 2.45) is 5.92 Å². The SMILES string of the molecule is CCOC(=O)C1CCN(C(=O)c2cc(C)n(C(C)C)n2)CC1. The number of hydrogen-bond donors (Lipinski definition) is 0. The molecule has 0 N–H and O–H groups in total. The summed E-state index contributed by atoms with van der Waals surface area (Å²) in [6, 6.07) is 2.07. The van der Waals surface area contributed by atoms with Crippen molar-refractivity contribution in [1.82, 2.24) is 14.7 Å². The van der Waals surface area contributed by atoms with Crippen LogP contribution in [0.4, 0.5) is 0 Å². The number of carbonyl (C=O) groups is 2. The Morgan fingerprint density at radius 3 is 2.50 bits per heavy atom. The van der Waals surface area contributed by atoms with Crippen LogP contribution < -0.4 is 0 Å². The van der Waals surface area contributed by atoms with E-state index in [4.69, 9.17) is 4.74 Å². The third-order valence-corrected chi connectivity index (χ3v) is 4.03. The first-order chi connectivity index (χ1) is 10.4. The first kappa shape index (κ1) is 16.5. The molecule has 1 aliphatic rings. The maximum absolute atomic E-state index is 12.5. The number of aromatic nitrogens is 2. The molecular formula is C16H25N3O3. The molecule has 0 spiro atoms. The number of esters is 1. The highest BCUT2D eigenvalue weighted by atomic mass is 16.5. The zero-order valence-electron chi connectivity index (χ0n) is 13.8. The second kappa shape index (κ2) is 6.94. The molecule has 1 fully saturated rings. The molecule has 6 heteroatoms. The van der Waals surface area contributed by atoms with Crippen LogP contribution in [0.15, 0.2) is 6.07 Å². The molecule has 0 bridgehead atoms. The van der Waals surface area contributed by atoms with Gasteiger partial charge in [-0.05, 0) is 46.6 Å². The number of nitrogens with zero attached hydrogens (tertiary/aromatic N) is 3. The number of rotatable bonds is 4. The lowest BCUT2D eigenvalue weighted by Crippen LogP contribution is -2.40. The second-order valence-electron chi connectivity index (χ2n) is 6.03. The van der Waals surface area contributed by atoms with Gasteiger partial charge in [-0.15, -0.1) is 0 Å². The molecule has 0 atom stereocenters. The number of hydrogen-bond acceptors (Lipinski definition) is 4. The Hall–Kier alpha value is -1.85. The maximum Gasteiger partial charge on any atom is 0.309 e. The van der Waals surface area contributed by atoms with Crippen LogP contribution in [0.5, 0.6) is 0 Å². The fourth-order valence-corrected chi connectivity index (χ4v) is 2.86. The van der Waals surface area contributed by atoms with Crippen LogP contribution in [0.2, 0.25) is 0 Å². The summed E-state index contributed by atoms with van der Waals surface area (Å²) in [5.74, 6) is -0.279. The normalized spacial score (nSPS) is 16.1. The van der Waals surface area contributed by atoms with Crippen molar-refractivity contribution in [3.63, 3.8) is 0 Å². The van der Waals surface area contributed by atoms with Gasteiger partial charge in [0.15, 0.2) is 5.69 Å². The average Bonchev–Trinajstić information content (AvgIpc) is 2.89. The molecule has 1 aliphatic heterocycles. The van der Waals surface area contributed by atoms with E-state index in [-0.39, 0.29) is 23.8 Å².